The number of nitrogens with one attached hydrogen (secondary N) is 2. The SMILES string of the molecule is O=C(Nc1nccs1)[C@@H](CC1CCCOC1)N1CCNCC1=O. The Morgan fingerprint density at radius 1 is 1.61 bits per heavy atom. The summed E-state index contributed by atoms with van der Waals surface area (Å²) in [6.07, 6.45) is 4.35. The van der Waals surface area contributed by atoms with Crippen molar-refractivity contribution in [2.45, 2.75) is 25.3 Å². The van der Waals surface area contributed by atoms with Gasteiger partial charge in [-0.15, -0.1) is 11.3 Å². The first-order chi connectivity index (χ1) is 11.2. The first kappa shape index (κ1) is 16.4. The van der Waals surface area contributed by atoms with Gasteiger partial charge in [0.15, 0.2) is 5.13 Å². The van der Waals surface area contributed by atoms with E-state index in [-0.39, 0.29) is 11.8 Å². The molecular formula is C15H22N4O3S. The van der Waals surface area contributed by atoms with Crippen LogP contribution in [-0.2, 0) is 14.3 Å². The van der Waals surface area contributed by atoms with Crippen LogP contribution < -0.4 is 10.6 Å². The molecule has 2 aliphatic rings. The number of rotatable bonds is 5. The van der Waals surface area contributed by atoms with Crippen LogP contribution in [0.1, 0.15) is 19.3 Å². The van der Waals surface area contributed by atoms with E-state index in [1.165, 1.54) is 11.3 Å². The van der Waals surface area contributed by atoms with E-state index < -0.39 is 6.04 Å². The van der Waals surface area contributed by atoms with E-state index in [1.807, 2.05) is 5.38 Å². The summed E-state index contributed by atoms with van der Waals surface area (Å²) >= 11 is 1.38. The van der Waals surface area contributed by atoms with Crippen LogP contribution in [0.5, 0.6) is 0 Å². The fourth-order valence-corrected chi connectivity index (χ4v) is 3.64. The van der Waals surface area contributed by atoms with Gasteiger partial charge in [-0.25, -0.2) is 4.98 Å². The average Bonchev–Trinajstić information content (AvgIpc) is 3.07. The molecule has 7 nitrogen and oxygen atoms in total. The lowest BCUT2D eigenvalue weighted by molar-refractivity contribution is -0.140. The topological polar surface area (TPSA) is 83.6 Å². The van der Waals surface area contributed by atoms with Gasteiger partial charge in [-0.3, -0.25) is 9.59 Å². The number of piperazine rings is 1. The van der Waals surface area contributed by atoms with E-state index in [4.69, 9.17) is 4.74 Å². The van der Waals surface area contributed by atoms with Crippen LogP contribution in [0.3, 0.4) is 0 Å². The molecule has 1 aromatic rings. The van der Waals surface area contributed by atoms with Gasteiger partial charge >= 0.3 is 0 Å². The van der Waals surface area contributed by atoms with E-state index >= 15 is 0 Å². The molecule has 2 saturated heterocycles. The number of carbonyl (C=O) groups excluding carboxylic acids is 2. The lowest BCUT2D eigenvalue weighted by Crippen LogP contribution is -2.56. The van der Waals surface area contributed by atoms with Crippen molar-refractivity contribution in [3.05, 3.63) is 11.6 Å². The van der Waals surface area contributed by atoms with Crippen molar-refractivity contribution in [3.8, 4) is 0 Å². The number of thiazole rings is 1. The Morgan fingerprint density at radius 2 is 2.52 bits per heavy atom. The number of nitrogens with zero attached hydrogens (tertiary/aromatic N) is 2. The summed E-state index contributed by atoms with van der Waals surface area (Å²) in [6.45, 7) is 3.03. The molecule has 23 heavy (non-hydrogen) atoms. The molecule has 0 aromatic carbocycles. The Kier molecular flexibility index (Phi) is 5.58. The van der Waals surface area contributed by atoms with Crippen molar-refractivity contribution in [1.82, 2.24) is 15.2 Å². The van der Waals surface area contributed by atoms with Crippen LogP contribution >= 0.6 is 11.3 Å². The maximum atomic E-state index is 12.7. The predicted molar refractivity (Wildman–Crippen MR) is 87.3 cm³/mol. The minimum atomic E-state index is -0.458. The Labute approximate surface area is 139 Å². The standard InChI is InChI=1S/C15H22N4O3S/c20-13-9-16-3-5-19(13)12(8-11-2-1-6-22-10-11)14(21)18-15-17-4-7-23-15/h4,7,11-12,16H,1-3,5-6,8-10H2,(H,17,18,21)/t11?,12-/m1/s1. The van der Waals surface area contributed by atoms with Gasteiger partial charge in [-0.2, -0.15) is 0 Å². The van der Waals surface area contributed by atoms with Crippen LogP contribution in [0.4, 0.5) is 5.13 Å². The smallest absolute Gasteiger partial charge is 0.248 e. The first-order valence-corrected chi connectivity index (χ1v) is 8.90. The zero-order valence-corrected chi connectivity index (χ0v) is 13.8. The number of ether oxygens (including phenoxy) is 1. The van der Waals surface area contributed by atoms with Crippen LogP contribution in [0.25, 0.3) is 0 Å². The zero-order chi connectivity index (χ0) is 16.1. The highest BCUT2D eigenvalue weighted by Gasteiger charge is 2.34. The van der Waals surface area contributed by atoms with Crippen LogP contribution in [0.15, 0.2) is 11.6 Å². The summed E-state index contributed by atoms with van der Waals surface area (Å²) in [7, 11) is 0. The largest absolute Gasteiger partial charge is 0.381 e. The molecule has 126 valence electrons. The third-order valence-corrected chi connectivity index (χ3v) is 4.97. The maximum absolute atomic E-state index is 12.7. The van der Waals surface area contributed by atoms with E-state index in [1.54, 1.807) is 11.1 Å². The molecule has 0 saturated carbocycles. The van der Waals surface area contributed by atoms with Gasteiger partial charge in [0.25, 0.3) is 0 Å². The van der Waals surface area contributed by atoms with Crippen molar-refractivity contribution in [3.63, 3.8) is 0 Å². The Morgan fingerprint density at radius 3 is 3.22 bits per heavy atom. The molecule has 1 unspecified atom stereocenters. The number of aromatic nitrogens is 1. The molecule has 1 aromatic heterocycles. The van der Waals surface area contributed by atoms with Crippen LogP contribution in [0, 0.1) is 5.92 Å². The molecule has 2 fully saturated rings. The molecule has 2 amide bonds. The summed E-state index contributed by atoms with van der Waals surface area (Å²) in [5.74, 6) is 0.145. The lowest BCUT2D eigenvalue weighted by Gasteiger charge is -2.36. The van der Waals surface area contributed by atoms with Gasteiger partial charge in [0, 0.05) is 37.9 Å². The summed E-state index contributed by atoms with van der Waals surface area (Å²) in [5, 5.41) is 8.28. The Hall–Kier alpha value is -1.51. The van der Waals surface area contributed by atoms with Crippen molar-refractivity contribution < 1.29 is 14.3 Å². The van der Waals surface area contributed by atoms with Gasteiger partial charge in [0.1, 0.15) is 6.04 Å². The quantitative estimate of drug-likeness (QED) is 0.826. The second-order valence-corrected chi connectivity index (χ2v) is 6.82. The minimum Gasteiger partial charge on any atom is -0.381 e. The predicted octanol–water partition coefficient (Wildman–Crippen LogP) is 0.699. The Balaban J connectivity index is 1.71. The van der Waals surface area contributed by atoms with Crippen LogP contribution in [-0.4, -0.2) is 60.6 Å². The van der Waals surface area contributed by atoms with E-state index in [2.05, 4.69) is 15.6 Å². The van der Waals surface area contributed by atoms with Crippen molar-refractivity contribution >= 4 is 28.3 Å². The van der Waals surface area contributed by atoms with E-state index in [0.29, 0.717) is 43.7 Å². The highest BCUT2D eigenvalue weighted by atomic mass is 32.1. The average molecular weight is 338 g/mol. The monoisotopic (exact) mass is 338 g/mol. The highest BCUT2D eigenvalue weighted by Crippen LogP contribution is 2.23. The van der Waals surface area contributed by atoms with Gasteiger partial charge in [0.05, 0.1) is 6.54 Å². The summed E-state index contributed by atoms with van der Waals surface area (Å²) < 4.78 is 5.52. The molecule has 2 aliphatic heterocycles. The zero-order valence-electron chi connectivity index (χ0n) is 13.0. The number of amides is 2. The number of anilines is 1. The summed E-state index contributed by atoms with van der Waals surface area (Å²) in [6, 6.07) is -0.458. The van der Waals surface area contributed by atoms with Gasteiger partial charge in [0.2, 0.25) is 11.8 Å². The maximum Gasteiger partial charge on any atom is 0.248 e. The summed E-state index contributed by atoms with van der Waals surface area (Å²) in [4.78, 5) is 30.8. The number of hydrogen-bond donors (Lipinski definition) is 2. The third-order valence-electron chi connectivity index (χ3n) is 4.28. The van der Waals surface area contributed by atoms with Gasteiger partial charge < -0.3 is 20.3 Å². The Bertz CT molecular complexity index is 531. The third kappa shape index (κ3) is 4.27. The minimum absolute atomic E-state index is 0.0210. The number of carbonyl (C=O) groups is 2. The van der Waals surface area contributed by atoms with E-state index in [9.17, 15) is 9.59 Å². The van der Waals surface area contributed by atoms with Gasteiger partial charge in [-0.1, -0.05) is 0 Å². The van der Waals surface area contributed by atoms with E-state index in [0.717, 1.165) is 19.4 Å². The molecule has 3 heterocycles. The second kappa shape index (κ2) is 7.85. The fourth-order valence-electron chi connectivity index (χ4n) is 3.11. The molecule has 0 aliphatic carbocycles. The lowest BCUT2D eigenvalue weighted by atomic mass is 9.93. The molecule has 2 atom stereocenters. The second-order valence-electron chi connectivity index (χ2n) is 5.93. The molecule has 0 bridgehead atoms. The molecule has 0 radical (unpaired) electrons. The van der Waals surface area contributed by atoms with Crippen LogP contribution in [0.2, 0.25) is 0 Å². The molecule has 2 N–H and O–H groups in total. The fraction of sp³-hybridized carbons (Fsp3) is 0.667. The van der Waals surface area contributed by atoms with Crippen molar-refractivity contribution in [2.24, 2.45) is 5.92 Å². The molecule has 0 spiro atoms. The van der Waals surface area contributed by atoms with Gasteiger partial charge in [-0.05, 0) is 25.2 Å². The normalized spacial score (nSPS) is 23.6. The van der Waals surface area contributed by atoms with Crippen molar-refractivity contribution in [1.29, 1.82) is 0 Å². The number of hydrogen-bond acceptors (Lipinski definition) is 6. The highest BCUT2D eigenvalue weighted by molar-refractivity contribution is 7.13. The molecule has 8 heteroatoms. The van der Waals surface area contributed by atoms with Crippen molar-refractivity contribution in [2.75, 3.05) is 38.2 Å². The molecule has 3 rings (SSSR count). The first-order valence-electron chi connectivity index (χ1n) is 8.02. The molecular weight excluding hydrogens is 316 g/mol. The summed E-state index contributed by atoms with van der Waals surface area (Å²) in [5.41, 5.74) is 0.